The van der Waals surface area contributed by atoms with E-state index in [2.05, 4.69) is 188 Å². The summed E-state index contributed by atoms with van der Waals surface area (Å²) in [5, 5.41) is 0. The minimum absolute atomic E-state index is 0.265. The van der Waals surface area contributed by atoms with E-state index in [0.29, 0.717) is 0 Å². The van der Waals surface area contributed by atoms with Crippen molar-refractivity contribution in [1.29, 1.82) is 0 Å². The average Bonchev–Trinajstić information content (AvgIpc) is 3.70. The molecule has 6 aromatic carbocycles. The van der Waals surface area contributed by atoms with Gasteiger partial charge in [-0.3, -0.25) is 4.99 Å². The monoisotopic (exact) mass is 735 g/mol. The van der Waals surface area contributed by atoms with Crippen molar-refractivity contribution in [3.63, 3.8) is 0 Å². The second kappa shape index (κ2) is 17.8. The molecule has 50 heavy (non-hydrogen) atoms. The van der Waals surface area contributed by atoms with Gasteiger partial charge in [0, 0.05) is 72.9 Å². The highest BCUT2D eigenvalue weighted by Crippen LogP contribution is 2.56. The second-order valence-corrected chi connectivity index (χ2v) is 16.5. The fourth-order valence-corrected chi connectivity index (χ4v) is 11.1. The number of aliphatic imine (C=N–C) groups is 1. The number of hydrogen-bond donors (Lipinski definition) is 0. The Kier molecular flexibility index (Phi) is 12.2. The summed E-state index contributed by atoms with van der Waals surface area (Å²) in [6.07, 6.45) is 14.7. The Bertz CT molecular complexity index is 1990. The molecule has 0 atom stereocenters. The number of hydrogen-bond acceptors (Lipinski definition) is 6. The molecular formula is C44H33NS5. The van der Waals surface area contributed by atoms with Gasteiger partial charge in [0.25, 0.3) is 0 Å². The standard InChI is InChI=1S/C44H33NS5/c1-6-20-34(21-7-1)46-40-39(32-45-31-30-33-18-16-17-19-33)41(47-35-22-8-2-9-23-35)43(49-37-26-12-4-13-27-37)44(50-38-28-14-5-15-29-38)42(40)48-36-24-10-3-11-25-36/h1-33H/b31-30+,45-32?. The highest BCUT2D eigenvalue weighted by atomic mass is 32.2. The van der Waals surface area contributed by atoms with E-state index in [-0.39, 0.29) is 5.92 Å². The van der Waals surface area contributed by atoms with Crippen molar-refractivity contribution in [2.45, 2.75) is 49.0 Å². The van der Waals surface area contributed by atoms with Gasteiger partial charge in [0.1, 0.15) is 0 Å². The summed E-state index contributed by atoms with van der Waals surface area (Å²) in [5.41, 5.74) is 1.11. The smallest absolute Gasteiger partial charge is 0.0425 e. The van der Waals surface area contributed by atoms with Gasteiger partial charge in [-0.05, 0) is 60.7 Å². The molecule has 0 amide bonds. The molecule has 0 fully saturated rings. The lowest BCUT2D eigenvalue weighted by atomic mass is 10.2. The van der Waals surface area contributed by atoms with Crippen LogP contribution < -0.4 is 0 Å². The van der Waals surface area contributed by atoms with Crippen LogP contribution in [0.4, 0.5) is 0 Å². The van der Waals surface area contributed by atoms with Gasteiger partial charge in [-0.15, -0.1) is 0 Å². The Labute approximate surface area is 316 Å². The summed E-state index contributed by atoms with van der Waals surface area (Å²) >= 11 is 9.13. The van der Waals surface area contributed by atoms with Crippen LogP contribution in [0.2, 0.25) is 0 Å². The first-order valence-electron chi connectivity index (χ1n) is 16.2. The lowest BCUT2D eigenvalue weighted by molar-refractivity contribution is 0.949. The SMILES string of the molecule is C1=CC(/C=C/N=Cc2c(Sc3ccccc3)c(Sc3ccccc3)c(Sc3ccccc3)c(Sc3ccccc3)c2Sc2ccccc2)C=C1. The van der Waals surface area contributed by atoms with Gasteiger partial charge >= 0.3 is 0 Å². The molecule has 0 N–H and O–H groups in total. The molecule has 7 rings (SSSR count). The fraction of sp³-hybridized carbons (Fsp3) is 0.0227. The molecule has 6 aromatic rings. The third-order valence-corrected chi connectivity index (χ3v) is 13.7. The molecule has 0 aromatic heterocycles. The highest BCUT2D eigenvalue weighted by Gasteiger charge is 2.27. The summed E-state index contributed by atoms with van der Waals surface area (Å²) in [6.45, 7) is 0. The van der Waals surface area contributed by atoms with Crippen molar-refractivity contribution in [3.8, 4) is 0 Å². The molecule has 0 saturated carbocycles. The van der Waals surface area contributed by atoms with Crippen molar-refractivity contribution in [1.82, 2.24) is 0 Å². The molecule has 0 bridgehead atoms. The number of allylic oxidation sites excluding steroid dienone is 5. The zero-order chi connectivity index (χ0) is 33.8. The van der Waals surface area contributed by atoms with Gasteiger partial charge in [0.2, 0.25) is 0 Å². The van der Waals surface area contributed by atoms with E-state index < -0.39 is 0 Å². The summed E-state index contributed by atoms with van der Waals surface area (Å²) in [4.78, 5) is 17.0. The third kappa shape index (κ3) is 9.19. The number of benzene rings is 6. The summed E-state index contributed by atoms with van der Waals surface area (Å²) in [5.74, 6) is 0.265. The van der Waals surface area contributed by atoms with Crippen LogP contribution in [0.3, 0.4) is 0 Å². The van der Waals surface area contributed by atoms with E-state index in [1.54, 1.807) is 0 Å². The molecule has 6 heteroatoms. The van der Waals surface area contributed by atoms with Crippen molar-refractivity contribution in [2.24, 2.45) is 10.9 Å². The Morgan fingerprint density at radius 3 is 1.02 bits per heavy atom. The third-order valence-electron chi connectivity index (χ3n) is 7.51. The maximum atomic E-state index is 4.99. The Morgan fingerprint density at radius 1 is 0.380 bits per heavy atom. The molecule has 0 saturated heterocycles. The van der Waals surface area contributed by atoms with Gasteiger partial charge in [-0.25, -0.2) is 0 Å². The van der Waals surface area contributed by atoms with Crippen LogP contribution in [-0.2, 0) is 0 Å². The van der Waals surface area contributed by atoms with Crippen molar-refractivity contribution >= 4 is 65.0 Å². The predicted octanol–water partition coefficient (Wildman–Crippen LogP) is 14.1. The lowest BCUT2D eigenvalue weighted by Gasteiger charge is -2.24. The van der Waals surface area contributed by atoms with Gasteiger partial charge in [0.15, 0.2) is 0 Å². The summed E-state index contributed by atoms with van der Waals surface area (Å²) < 4.78 is 0. The molecule has 1 aliphatic rings. The van der Waals surface area contributed by atoms with Crippen LogP contribution in [0.15, 0.2) is 242 Å². The topological polar surface area (TPSA) is 12.4 Å². The number of nitrogens with zero attached hydrogens (tertiary/aromatic N) is 1. The molecule has 0 spiro atoms. The molecule has 1 nitrogen and oxygen atoms in total. The van der Waals surface area contributed by atoms with Gasteiger partial charge in [-0.2, -0.15) is 0 Å². The Hall–Kier alpha value is -4.04. The Balaban J connectivity index is 1.52. The van der Waals surface area contributed by atoms with Crippen LogP contribution >= 0.6 is 58.8 Å². The first-order chi connectivity index (χ1) is 24.8. The largest absolute Gasteiger partial charge is 0.264 e. The molecule has 0 radical (unpaired) electrons. The van der Waals surface area contributed by atoms with Crippen LogP contribution in [-0.4, -0.2) is 6.21 Å². The van der Waals surface area contributed by atoms with Crippen LogP contribution in [0.5, 0.6) is 0 Å². The maximum absolute atomic E-state index is 4.99. The van der Waals surface area contributed by atoms with E-state index in [1.807, 2.05) is 65.0 Å². The summed E-state index contributed by atoms with van der Waals surface area (Å²) in [6, 6.07) is 53.6. The quantitative estimate of drug-likeness (QED) is 0.109. The molecule has 0 heterocycles. The summed E-state index contributed by atoms with van der Waals surface area (Å²) in [7, 11) is 0. The zero-order valence-corrected chi connectivity index (χ0v) is 31.1. The minimum atomic E-state index is 0.265. The first-order valence-corrected chi connectivity index (χ1v) is 20.3. The Morgan fingerprint density at radius 2 is 0.680 bits per heavy atom. The molecule has 0 aliphatic heterocycles. The number of rotatable bonds is 13. The predicted molar refractivity (Wildman–Crippen MR) is 218 cm³/mol. The van der Waals surface area contributed by atoms with E-state index in [1.165, 1.54) is 49.0 Å². The van der Waals surface area contributed by atoms with Gasteiger partial charge in [0.05, 0.1) is 0 Å². The maximum Gasteiger partial charge on any atom is 0.0425 e. The van der Waals surface area contributed by atoms with Crippen molar-refractivity contribution in [2.75, 3.05) is 0 Å². The molecule has 244 valence electrons. The minimum Gasteiger partial charge on any atom is -0.264 e. The van der Waals surface area contributed by atoms with E-state index >= 15 is 0 Å². The normalized spacial score (nSPS) is 12.8. The molecule has 0 unspecified atom stereocenters. The molecule has 1 aliphatic carbocycles. The second-order valence-electron chi connectivity index (χ2n) is 11.1. The highest BCUT2D eigenvalue weighted by molar-refractivity contribution is 8.05. The lowest BCUT2D eigenvalue weighted by Crippen LogP contribution is -2.00. The van der Waals surface area contributed by atoms with E-state index in [0.717, 1.165) is 5.56 Å². The zero-order valence-electron chi connectivity index (χ0n) is 27.0. The van der Waals surface area contributed by atoms with Gasteiger partial charge < -0.3 is 0 Å². The van der Waals surface area contributed by atoms with E-state index in [4.69, 9.17) is 4.99 Å². The van der Waals surface area contributed by atoms with Crippen LogP contribution in [0.1, 0.15) is 5.56 Å². The fourth-order valence-electron chi connectivity index (χ4n) is 5.13. The van der Waals surface area contributed by atoms with Crippen molar-refractivity contribution < 1.29 is 0 Å². The molecular weight excluding hydrogens is 703 g/mol. The van der Waals surface area contributed by atoms with Crippen LogP contribution in [0.25, 0.3) is 0 Å². The first kappa shape index (κ1) is 34.4. The van der Waals surface area contributed by atoms with Gasteiger partial charge in [-0.1, -0.05) is 180 Å². The van der Waals surface area contributed by atoms with Crippen molar-refractivity contribution in [3.05, 3.63) is 194 Å². The van der Waals surface area contributed by atoms with E-state index in [9.17, 15) is 0 Å². The van der Waals surface area contributed by atoms with Crippen LogP contribution in [0, 0.1) is 5.92 Å². The average molecular weight is 736 g/mol.